The maximum Gasteiger partial charge on any atom is 0.313 e. The van der Waals surface area contributed by atoms with Crippen molar-refractivity contribution in [3.8, 4) is 0 Å². The molecule has 0 unspecified atom stereocenters. The van der Waals surface area contributed by atoms with Crippen LogP contribution in [0.2, 0.25) is 0 Å². The summed E-state index contributed by atoms with van der Waals surface area (Å²) in [5.74, 6) is -1.01. The van der Waals surface area contributed by atoms with Crippen LogP contribution in [0, 0.1) is 13.8 Å². The summed E-state index contributed by atoms with van der Waals surface area (Å²) in [6, 6.07) is 16.0. The van der Waals surface area contributed by atoms with E-state index in [0.717, 1.165) is 30.8 Å². The zero-order chi connectivity index (χ0) is 18.5. The lowest BCUT2D eigenvalue weighted by Crippen LogP contribution is -2.51. The second kappa shape index (κ2) is 8.15. The second-order valence-electron chi connectivity index (χ2n) is 6.76. The van der Waals surface area contributed by atoms with Crippen LogP contribution in [0.5, 0.6) is 0 Å². The summed E-state index contributed by atoms with van der Waals surface area (Å²) < 4.78 is 0. The molecule has 1 saturated heterocycles. The normalized spacial score (nSPS) is 14.9. The van der Waals surface area contributed by atoms with Crippen molar-refractivity contribution in [1.82, 2.24) is 9.80 Å². The van der Waals surface area contributed by atoms with Gasteiger partial charge in [-0.2, -0.15) is 0 Å². The SMILES string of the molecule is Cc1cccc(NC(=O)C(=O)N2CCN(Cc3ccccc3)CC2)c1C. The fourth-order valence-corrected chi connectivity index (χ4v) is 3.16. The Morgan fingerprint density at radius 3 is 2.31 bits per heavy atom. The number of amides is 2. The number of aryl methyl sites for hydroxylation is 1. The first kappa shape index (κ1) is 18.1. The van der Waals surface area contributed by atoms with Crippen LogP contribution in [0.25, 0.3) is 0 Å². The molecule has 0 atom stereocenters. The molecule has 0 saturated carbocycles. The summed E-state index contributed by atoms with van der Waals surface area (Å²) in [7, 11) is 0. The Bertz CT molecular complexity index is 781. The zero-order valence-corrected chi connectivity index (χ0v) is 15.4. The van der Waals surface area contributed by atoms with Crippen molar-refractivity contribution in [2.75, 3.05) is 31.5 Å². The van der Waals surface area contributed by atoms with Crippen molar-refractivity contribution in [3.05, 3.63) is 65.2 Å². The number of benzene rings is 2. The first-order valence-corrected chi connectivity index (χ1v) is 8.97. The van der Waals surface area contributed by atoms with E-state index in [1.54, 1.807) is 4.90 Å². The van der Waals surface area contributed by atoms with Crippen LogP contribution in [-0.4, -0.2) is 47.8 Å². The first-order chi connectivity index (χ1) is 12.5. The molecule has 0 spiro atoms. The molecule has 1 N–H and O–H groups in total. The van der Waals surface area contributed by atoms with Gasteiger partial charge >= 0.3 is 11.8 Å². The van der Waals surface area contributed by atoms with Gasteiger partial charge in [0.25, 0.3) is 0 Å². The van der Waals surface area contributed by atoms with Crippen LogP contribution in [-0.2, 0) is 16.1 Å². The van der Waals surface area contributed by atoms with Gasteiger partial charge in [0.1, 0.15) is 0 Å². The van der Waals surface area contributed by atoms with Crippen LogP contribution < -0.4 is 5.32 Å². The van der Waals surface area contributed by atoms with Crippen molar-refractivity contribution in [3.63, 3.8) is 0 Å². The molecule has 0 aliphatic carbocycles. The van der Waals surface area contributed by atoms with Gasteiger partial charge < -0.3 is 10.2 Å². The van der Waals surface area contributed by atoms with Crippen molar-refractivity contribution in [2.24, 2.45) is 0 Å². The van der Waals surface area contributed by atoms with E-state index in [-0.39, 0.29) is 0 Å². The number of piperazine rings is 1. The minimum atomic E-state index is -0.560. The van der Waals surface area contributed by atoms with Gasteiger partial charge in [-0.1, -0.05) is 42.5 Å². The number of carbonyl (C=O) groups excluding carboxylic acids is 2. The number of hydrogen-bond donors (Lipinski definition) is 1. The summed E-state index contributed by atoms with van der Waals surface area (Å²) in [6.07, 6.45) is 0. The van der Waals surface area contributed by atoms with E-state index in [2.05, 4.69) is 22.3 Å². The number of hydrogen-bond acceptors (Lipinski definition) is 3. The maximum atomic E-state index is 12.5. The van der Waals surface area contributed by atoms with E-state index in [1.807, 2.05) is 50.2 Å². The lowest BCUT2D eigenvalue weighted by Gasteiger charge is -2.34. The Labute approximate surface area is 154 Å². The molecule has 2 aromatic carbocycles. The fraction of sp³-hybridized carbons (Fsp3) is 0.333. The third-order valence-electron chi connectivity index (χ3n) is 4.96. The lowest BCUT2D eigenvalue weighted by atomic mass is 10.1. The second-order valence-corrected chi connectivity index (χ2v) is 6.76. The predicted octanol–water partition coefficient (Wildman–Crippen LogP) is 2.59. The van der Waals surface area contributed by atoms with E-state index in [9.17, 15) is 9.59 Å². The molecule has 0 bridgehead atoms. The summed E-state index contributed by atoms with van der Waals surface area (Å²) in [5.41, 5.74) is 4.04. The van der Waals surface area contributed by atoms with Gasteiger partial charge in [-0.05, 0) is 36.6 Å². The largest absolute Gasteiger partial charge is 0.332 e. The number of nitrogens with one attached hydrogen (secondary N) is 1. The van der Waals surface area contributed by atoms with Gasteiger partial charge in [-0.25, -0.2) is 0 Å². The highest BCUT2D eigenvalue weighted by Gasteiger charge is 2.26. The molecule has 2 aromatic rings. The van der Waals surface area contributed by atoms with Gasteiger partial charge in [0.15, 0.2) is 0 Å². The molecule has 0 aromatic heterocycles. The van der Waals surface area contributed by atoms with E-state index in [1.165, 1.54) is 5.56 Å². The minimum Gasteiger partial charge on any atom is -0.332 e. The van der Waals surface area contributed by atoms with Crippen LogP contribution in [0.4, 0.5) is 5.69 Å². The van der Waals surface area contributed by atoms with E-state index < -0.39 is 11.8 Å². The lowest BCUT2D eigenvalue weighted by molar-refractivity contribution is -0.144. The van der Waals surface area contributed by atoms with Gasteiger partial charge in [0, 0.05) is 38.4 Å². The predicted molar refractivity (Wildman–Crippen MR) is 103 cm³/mol. The average Bonchev–Trinajstić information content (AvgIpc) is 2.66. The number of rotatable bonds is 3. The van der Waals surface area contributed by atoms with Crippen LogP contribution >= 0.6 is 0 Å². The molecule has 5 nitrogen and oxygen atoms in total. The van der Waals surface area contributed by atoms with E-state index in [4.69, 9.17) is 0 Å². The Balaban J connectivity index is 1.53. The number of anilines is 1. The van der Waals surface area contributed by atoms with Gasteiger partial charge in [-0.3, -0.25) is 14.5 Å². The summed E-state index contributed by atoms with van der Waals surface area (Å²) in [4.78, 5) is 28.7. The quantitative estimate of drug-likeness (QED) is 0.865. The average molecular weight is 351 g/mol. The van der Waals surface area contributed by atoms with Crippen molar-refractivity contribution < 1.29 is 9.59 Å². The van der Waals surface area contributed by atoms with E-state index >= 15 is 0 Å². The molecule has 1 fully saturated rings. The fourth-order valence-electron chi connectivity index (χ4n) is 3.16. The third kappa shape index (κ3) is 4.29. The smallest absolute Gasteiger partial charge is 0.313 e. The van der Waals surface area contributed by atoms with Gasteiger partial charge in [0.2, 0.25) is 0 Å². The highest BCUT2D eigenvalue weighted by atomic mass is 16.2. The summed E-state index contributed by atoms with van der Waals surface area (Å²) >= 11 is 0. The van der Waals surface area contributed by atoms with Crippen molar-refractivity contribution in [1.29, 1.82) is 0 Å². The molecule has 1 aliphatic heterocycles. The van der Waals surface area contributed by atoms with Gasteiger partial charge in [-0.15, -0.1) is 0 Å². The molecule has 26 heavy (non-hydrogen) atoms. The molecule has 136 valence electrons. The molecular formula is C21H25N3O2. The molecule has 1 heterocycles. The standard InChI is InChI=1S/C21H25N3O2/c1-16-7-6-10-19(17(16)2)22-20(25)21(26)24-13-11-23(12-14-24)15-18-8-4-3-5-9-18/h3-10H,11-15H2,1-2H3,(H,22,25). The molecule has 1 aliphatic rings. The molecule has 3 rings (SSSR count). The first-order valence-electron chi connectivity index (χ1n) is 8.97. The Kier molecular flexibility index (Phi) is 5.68. The van der Waals surface area contributed by atoms with Crippen molar-refractivity contribution >= 4 is 17.5 Å². The Hall–Kier alpha value is -2.66. The Morgan fingerprint density at radius 2 is 1.62 bits per heavy atom. The number of nitrogens with zero attached hydrogens (tertiary/aromatic N) is 2. The van der Waals surface area contributed by atoms with Crippen LogP contribution in [0.15, 0.2) is 48.5 Å². The summed E-state index contributed by atoms with van der Waals surface area (Å²) in [5, 5.41) is 2.76. The Morgan fingerprint density at radius 1 is 0.923 bits per heavy atom. The molecule has 2 amide bonds. The van der Waals surface area contributed by atoms with E-state index in [0.29, 0.717) is 18.8 Å². The van der Waals surface area contributed by atoms with Crippen molar-refractivity contribution in [2.45, 2.75) is 20.4 Å². The van der Waals surface area contributed by atoms with Crippen LogP contribution in [0.3, 0.4) is 0 Å². The monoisotopic (exact) mass is 351 g/mol. The minimum absolute atomic E-state index is 0.453. The molecule has 5 heteroatoms. The van der Waals surface area contributed by atoms with Gasteiger partial charge in [0.05, 0.1) is 0 Å². The highest BCUT2D eigenvalue weighted by Crippen LogP contribution is 2.18. The maximum absolute atomic E-state index is 12.5. The summed E-state index contributed by atoms with van der Waals surface area (Å²) in [6.45, 7) is 7.50. The highest BCUT2D eigenvalue weighted by molar-refractivity contribution is 6.39. The molecular weight excluding hydrogens is 326 g/mol. The molecule has 0 radical (unpaired) electrons. The zero-order valence-electron chi connectivity index (χ0n) is 15.4. The van der Waals surface area contributed by atoms with Crippen LogP contribution in [0.1, 0.15) is 16.7 Å². The third-order valence-corrected chi connectivity index (χ3v) is 4.96. The topological polar surface area (TPSA) is 52.7 Å². The number of carbonyl (C=O) groups is 2.